The van der Waals surface area contributed by atoms with Crippen LogP contribution < -0.4 is 0 Å². The fourth-order valence-corrected chi connectivity index (χ4v) is 2.43. The topological polar surface area (TPSA) is 34.0 Å². The van der Waals surface area contributed by atoms with Gasteiger partial charge in [0.2, 0.25) is 0 Å². The van der Waals surface area contributed by atoms with Crippen LogP contribution in [0.25, 0.3) is 16.8 Å². The van der Waals surface area contributed by atoms with Crippen molar-refractivity contribution in [1.82, 2.24) is 19.7 Å². The van der Waals surface area contributed by atoms with E-state index in [2.05, 4.69) is 84.6 Å². The van der Waals surface area contributed by atoms with Gasteiger partial charge in [0.1, 0.15) is 12.7 Å². The van der Waals surface area contributed by atoms with E-state index in [0.29, 0.717) is 6.04 Å². The van der Waals surface area contributed by atoms with Gasteiger partial charge in [0.05, 0.1) is 0 Å². The van der Waals surface area contributed by atoms with Crippen molar-refractivity contribution in [3.8, 4) is 16.8 Å². The normalized spacial score (nSPS) is 12.5. The number of rotatable bonds is 4. The highest BCUT2D eigenvalue weighted by Gasteiger charge is 2.08. The molecular formula is C18H20N4. The third-order valence-corrected chi connectivity index (χ3v) is 4.06. The van der Waals surface area contributed by atoms with Crippen molar-refractivity contribution in [1.29, 1.82) is 0 Å². The molecule has 0 aliphatic carbocycles. The average Bonchev–Trinajstić information content (AvgIpc) is 3.09. The largest absolute Gasteiger partial charge is 0.303 e. The Morgan fingerprint density at radius 3 is 2.23 bits per heavy atom. The summed E-state index contributed by atoms with van der Waals surface area (Å²) in [5.74, 6) is 0. The summed E-state index contributed by atoms with van der Waals surface area (Å²) < 4.78 is 1.91. The van der Waals surface area contributed by atoms with Crippen LogP contribution in [0.2, 0.25) is 0 Å². The highest BCUT2D eigenvalue weighted by molar-refractivity contribution is 5.66. The summed E-state index contributed by atoms with van der Waals surface area (Å²) >= 11 is 0. The summed E-state index contributed by atoms with van der Waals surface area (Å²) in [6.45, 7) is 2.21. The van der Waals surface area contributed by atoms with Crippen LogP contribution in [0.5, 0.6) is 0 Å². The molecule has 112 valence electrons. The molecule has 0 aliphatic rings. The molecule has 0 spiro atoms. The minimum atomic E-state index is 0.414. The highest BCUT2D eigenvalue weighted by atomic mass is 15.2. The molecule has 0 aliphatic heterocycles. The number of benzene rings is 2. The molecule has 0 bridgehead atoms. The zero-order valence-corrected chi connectivity index (χ0v) is 13.1. The molecule has 4 nitrogen and oxygen atoms in total. The lowest BCUT2D eigenvalue weighted by molar-refractivity contribution is 0.321. The molecule has 4 heteroatoms. The van der Waals surface area contributed by atoms with Gasteiger partial charge in [-0.25, -0.2) is 0 Å². The molecule has 3 rings (SSSR count). The van der Waals surface area contributed by atoms with Crippen LogP contribution in [0.3, 0.4) is 0 Å². The van der Waals surface area contributed by atoms with Gasteiger partial charge in [0.15, 0.2) is 0 Å². The maximum Gasteiger partial charge on any atom is 0.123 e. The minimum Gasteiger partial charge on any atom is -0.303 e. The Morgan fingerprint density at radius 1 is 0.909 bits per heavy atom. The van der Waals surface area contributed by atoms with Crippen molar-refractivity contribution >= 4 is 0 Å². The second-order valence-corrected chi connectivity index (χ2v) is 5.68. The van der Waals surface area contributed by atoms with E-state index in [9.17, 15) is 0 Å². The zero-order chi connectivity index (χ0) is 15.5. The number of hydrogen-bond acceptors (Lipinski definition) is 3. The third-order valence-electron chi connectivity index (χ3n) is 4.06. The van der Waals surface area contributed by atoms with Gasteiger partial charge in [-0.1, -0.05) is 36.4 Å². The van der Waals surface area contributed by atoms with Crippen molar-refractivity contribution < 1.29 is 0 Å². The molecule has 0 unspecified atom stereocenters. The van der Waals surface area contributed by atoms with Gasteiger partial charge < -0.3 is 4.90 Å². The lowest BCUT2D eigenvalue weighted by Gasteiger charge is -2.20. The van der Waals surface area contributed by atoms with Gasteiger partial charge in [-0.15, -0.1) is 10.2 Å². The Labute approximate surface area is 131 Å². The van der Waals surface area contributed by atoms with Crippen LogP contribution in [0.4, 0.5) is 0 Å². The van der Waals surface area contributed by atoms with Gasteiger partial charge in [-0.3, -0.25) is 4.57 Å². The van der Waals surface area contributed by atoms with Gasteiger partial charge in [-0.2, -0.15) is 0 Å². The lowest BCUT2D eigenvalue weighted by Crippen LogP contribution is -2.16. The first-order valence-corrected chi connectivity index (χ1v) is 7.37. The van der Waals surface area contributed by atoms with E-state index in [0.717, 1.165) is 5.69 Å². The van der Waals surface area contributed by atoms with Gasteiger partial charge in [0.25, 0.3) is 0 Å². The summed E-state index contributed by atoms with van der Waals surface area (Å²) in [5, 5.41) is 7.71. The van der Waals surface area contributed by atoms with Crippen molar-refractivity contribution in [3.63, 3.8) is 0 Å². The van der Waals surface area contributed by atoms with Gasteiger partial charge >= 0.3 is 0 Å². The Hall–Kier alpha value is -2.46. The van der Waals surface area contributed by atoms with E-state index >= 15 is 0 Å². The predicted molar refractivity (Wildman–Crippen MR) is 88.9 cm³/mol. The molecule has 0 radical (unpaired) electrons. The van der Waals surface area contributed by atoms with Crippen molar-refractivity contribution in [2.45, 2.75) is 13.0 Å². The SMILES string of the molecule is C[C@H](c1ccc(-c2cccc(-n3cnnc3)c2)cc1)N(C)C. The van der Waals surface area contributed by atoms with Crippen LogP contribution in [0.15, 0.2) is 61.2 Å². The molecular weight excluding hydrogens is 272 g/mol. The van der Waals surface area contributed by atoms with E-state index in [4.69, 9.17) is 0 Å². The highest BCUT2D eigenvalue weighted by Crippen LogP contribution is 2.25. The molecule has 2 aromatic carbocycles. The monoisotopic (exact) mass is 292 g/mol. The van der Waals surface area contributed by atoms with Crippen molar-refractivity contribution in [3.05, 3.63) is 66.7 Å². The van der Waals surface area contributed by atoms with Crippen molar-refractivity contribution in [2.24, 2.45) is 0 Å². The molecule has 22 heavy (non-hydrogen) atoms. The molecule has 0 amide bonds. The first kappa shape index (κ1) is 14.5. The molecule has 0 saturated carbocycles. The second kappa shape index (κ2) is 6.12. The summed E-state index contributed by atoms with van der Waals surface area (Å²) in [5.41, 5.74) is 4.79. The lowest BCUT2D eigenvalue weighted by atomic mass is 10.0. The number of hydrogen-bond donors (Lipinski definition) is 0. The summed E-state index contributed by atoms with van der Waals surface area (Å²) in [6.07, 6.45) is 3.42. The van der Waals surface area contributed by atoms with Crippen molar-refractivity contribution in [2.75, 3.05) is 14.1 Å². The van der Waals surface area contributed by atoms with E-state index < -0.39 is 0 Å². The van der Waals surface area contributed by atoms with Crippen LogP contribution in [-0.2, 0) is 0 Å². The molecule has 1 atom stereocenters. The van der Waals surface area contributed by atoms with E-state index in [-0.39, 0.29) is 0 Å². The van der Waals surface area contributed by atoms with E-state index in [1.54, 1.807) is 12.7 Å². The molecule has 0 fully saturated rings. The molecule has 0 saturated heterocycles. The zero-order valence-electron chi connectivity index (χ0n) is 13.1. The fraction of sp³-hybridized carbons (Fsp3) is 0.222. The molecule has 1 heterocycles. The quantitative estimate of drug-likeness (QED) is 0.737. The minimum absolute atomic E-state index is 0.414. The summed E-state index contributed by atoms with van der Waals surface area (Å²) in [4.78, 5) is 2.21. The Morgan fingerprint density at radius 2 is 1.59 bits per heavy atom. The predicted octanol–water partition coefficient (Wildman–Crippen LogP) is 3.56. The van der Waals surface area contributed by atoms with E-state index in [1.165, 1.54) is 16.7 Å². The maximum atomic E-state index is 3.86. The molecule has 1 aromatic heterocycles. The fourth-order valence-electron chi connectivity index (χ4n) is 2.43. The summed E-state index contributed by atoms with van der Waals surface area (Å²) in [7, 11) is 4.20. The third kappa shape index (κ3) is 2.92. The Bertz CT molecular complexity index is 730. The Kier molecular flexibility index (Phi) is 4.02. The van der Waals surface area contributed by atoms with Crippen LogP contribution in [0, 0.1) is 0 Å². The van der Waals surface area contributed by atoms with Crippen LogP contribution in [-0.4, -0.2) is 33.8 Å². The maximum absolute atomic E-state index is 3.86. The van der Waals surface area contributed by atoms with Gasteiger partial charge in [0, 0.05) is 11.7 Å². The van der Waals surface area contributed by atoms with Gasteiger partial charge in [-0.05, 0) is 49.8 Å². The Balaban J connectivity index is 1.90. The smallest absolute Gasteiger partial charge is 0.123 e. The second-order valence-electron chi connectivity index (χ2n) is 5.68. The van der Waals surface area contributed by atoms with E-state index in [1.807, 2.05) is 4.57 Å². The first-order valence-electron chi connectivity index (χ1n) is 7.37. The molecule has 0 N–H and O–H groups in total. The molecule has 3 aromatic rings. The van der Waals surface area contributed by atoms with Crippen LogP contribution in [0.1, 0.15) is 18.5 Å². The first-order chi connectivity index (χ1) is 10.6. The average molecular weight is 292 g/mol. The number of aromatic nitrogens is 3. The number of nitrogens with zero attached hydrogens (tertiary/aromatic N) is 4. The standard InChI is InChI=1S/C18H20N4/c1-14(21(2)3)15-7-9-16(10-8-15)17-5-4-6-18(11-17)22-12-19-20-13-22/h4-14H,1-3H3/t14-/m1/s1. The summed E-state index contributed by atoms with van der Waals surface area (Å²) in [6, 6.07) is 17.6. The van der Waals surface area contributed by atoms with Crippen LogP contribution >= 0.6 is 0 Å².